The number of aryl methyl sites for hydroxylation is 1. The summed E-state index contributed by atoms with van der Waals surface area (Å²) in [5, 5.41) is 0. The Hall–Kier alpha value is -3.59. The molecule has 0 unspecified atom stereocenters. The molecule has 0 N–H and O–H groups in total. The zero-order chi connectivity index (χ0) is 25.1. The maximum atomic E-state index is 16.4. The maximum absolute atomic E-state index is 16.4. The van der Waals surface area contributed by atoms with E-state index < -0.39 is 48.3 Å². The van der Waals surface area contributed by atoms with Crippen molar-refractivity contribution in [1.82, 2.24) is 19.5 Å². The number of carbonyl (C=O) groups excluding carboxylic acids is 3. The zero-order valence-electron chi connectivity index (χ0n) is 19.2. The molecule has 12 heteroatoms. The molecule has 11 nitrogen and oxygen atoms in total. The predicted octanol–water partition coefficient (Wildman–Crippen LogP) is 1.93. The molecule has 34 heavy (non-hydrogen) atoms. The second-order valence-corrected chi connectivity index (χ2v) is 7.54. The Balaban J connectivity index is 2.21. The van der Waals surface area contributed by atoms with Crippen molar-refractivity contribution in [3.63, 3.8) is 0 Å². The van der Waals surface area contributed by atoms with Gasteiger partial charge in [-0.1, -0.05) is 20.8 Å². The van der Waals surface area contributed by atoms with E-state index in [0.29, 0.717) is 11.2 Å². The van der Waals surface area contributed by atoms with E-state index in [9.17, 15) is 14.4 Å². The van der Waals surface area contributed by atoms with Gasteiger partial charge in [0, 0.05) is 19.3 Å². The fourth-order valence-electron chi connectivity index (χ4n) is 3.51. The fraction of sp³-hybridized carbons (Fsp3) is 0.545. The average Bonchev–Trinajstić information content (AvgIpc) is 3.36. The van der Waals surface area contributed by atoms with Crippen molar-refractivity contribution in [3.8, 4) is 12.3 Å². The molecule has 4 atom stereocenters. The highest BCUT2D eigenvalue weighted by atomic mass is 19.2. The lowest BCUT2D eigenvalue weighted by Gasteiger charge is -2.33. The van der Waals surface area contributed by atoms with Gasteiger partial charge < -0.3 is 18.9 Å². The van der Waals surface area contributed by atoms with Crippen LogP contribution >= 0.6 is 0 Å². The molecule has 1 aliphatic rings. The normalized spacial score (nSPS) is 26.1. The van der Waals surface area contributed by atoms with Gasteiger partial charge in [-0.2, -0.15) is 0 Å². The molecule has 182 valence electrons. The second-order valence-electron chi connectivity index (χ2n) is 7.54. The number of aromatic nitrogens is 4. The summed E-state index contributed by atoms with van der Waals surface area (Å²) in [4.78, 5) is 48.9. The molecule has 1 fully saturated rings. The van der Waals surface area contributed by atoms with Crippen LogP contribution in [0.1, 0.15) is 52.0 Å². The molecule has 1 saturated heterocycles. The Bertz CT molecular complexity index is 1150. The van der Waals surface area contributed by atoms with E-state index in [1.165, 1.54) is 38.0 Å². The van der Waals surface area contributed by atoms with E-state index in [4.69, 9.17) is 25.4 Å². The number of alkyl halides is 1. The molecule has 0 bridgehead atoms. The van der Waals surface area contributed by atoms with Crippen LogP contribution in [0.3, 0.4) is 0 Å². The number of hydrogen-bond donors (Lipinski definition) is 0. The first-order valence-electron chi connectivity index (χ1n) is 10.7. The Labute approximate surface area is 194 Å². The number of halogens is 1. The third-order valence-electron chi connectivity index (χ3n) is 5.30. The highest BCUT2D eigenvalue weighted by Crippen LogP contribution is 2.50. The Kier molecular flexibility index (Phi) is 7.16. The first-order chi connectivity index (χ1) is 16.2. The van der Waals surface area contributed by atoms with Crippen LogP contribution in [-0.4, -0.2) is 61.6 Å². The van der Waals surface area contributed by atoms with Gasteiger partial charge >= 0.3 is 17.9 Å². The third kappa shape index (κ3) is 4.31. The van der Waals surface area contributed by atoms with Crippen LogP contribution in [0.15, 0.2) is 12.7 Å². The molecule has 0 aromatic carbocycles. The quantitative estimate of drug-likeness (QED) is 0.316. The van der Waals surface area contributed by atoms with Crippen LogP contribution in [0, 0.1) is 19.3 Å². The van der Waals surface area contributed by atoms with Crippen LogP contribution in [0.4, 0.5) is 4.39 Å². The first-order valence-corrected chi connectivity index (χ1v) is 10.7. The maximum Gasteiger partial charge on any atom is 0.307 e. The van der Waals surface area contributed by atoms with Crippen LogP contribution in [0.25, 0.3) is 11.2 Å². The van der Waals surface area contributed by atoms with Crippen LogP contribution in [-0.2, 0) is 33.3 Å². The zero-order valence-corrected chi connectivity index (χ0v) is 19.2. The number of imidazole rings is 1. The van der Waals surface area contributed by atoms with Crippen molar-refractivity contribution in [1.29, 1.82) is 0 Å². The number of fused-ring (bicyclic) bond motifs is 1. The molecule has 1 aliphatic heterocycles. The number of rotatable bonds is 8. The summed E-state index contributed by atoms with van der Waals surface area (Å²) >= 11 is 0. The van der Waals surface area contributed by atoms with E-state index >= 15 is 4.39 Å². The molecule has 3 heterocycles. The summed E-state index contributed by atoms with van der Waals surface area (Å²) in [6, 6.07) is 0. The first kappa shape index (κ1) is 25.0. The Morgan fingerprint density at radius 2 is 1.82 bits per heavy atom. The molecule has 0 spiro atoms. The number of nitrogens with zero attached hydrogens (tertiary/aromatic N) is 4. The molecular formula is C22H25FN4O7. The summed E-state index contributed by atoms with van der Waals surface area (Å²) in [5.41, 5.74) is -1.18. The van der Waals surface area contributed by atoms with E-state index in [1.54, 1.807) is 6.92 Å². The molecule has 2 aromatic rings. The van der Waals surface area contributed by atoms with Crippen LogP contribution < -0.4 is 0 Å². The molecule has 2 aromatic heterocycles. The lowest BCUT2D eigenvalue weighted by molar-refractivity contribution is -0.224. The van der Waals surface area contributed by atoms with Crippen LogP contribution in [0.2, 0.25) is 0 Å². The lowest BCUT2D eigenvalue weighted by Crippen LogP contribution is -2.55. The number of esters is 3. The minimum Gasteiger partial charge on any atom is -0.459 e. The van der Waals surface area contributed by atoms with E-state index in [2.05, 4.69) is 20.9 Å². The smallest absolute Gasteiger partial charge is 0.307 e. The molecule has 0 radical (unpaired) electrons. The number of hydrogen-bond acceptors (Lipinski definition) is 10. The standard InChI is InChI=1S/C22H25FN4O7/c1-6-14(28)31-10-22(23)19(32-15(29)7-2)21(9-4,33-16(30)8-3)20(34-22)27-12-26-17-13(5)24-11-25-18(17)27/h4,11-12,19-20H,6-8,10H2,1-3,5H3/t19-,20+,21+,22+/m0/s1. The monoisotopic (exact) mass is 476 g/mol. The number of ether oxygens (including phenoxy) is 4. The van der Waals surface area contributed by atoms with E-state index in [1.807, 2.05) is 0 Å². The highest BCUT2D eigenvalue weighted by molar-refractivity contribution is 5.74. The predicted molar refractivity (Wildman–Crippen MR) is 113 cm³/mol. The summed E-state index contributed by atoms with van der Waals surface area (Å²) in [7, 11) is 0. The highest BCUT2D eigenvalue weighted by Gasteiger charge is 2.71. The van der Waals surface area contributed by atoms with Crippen molar-refractivity contribution >= 4 is 29.1 Å². The van der Waals surface area contributed by atoms with Crippen molar-refractivity contribution in [2.45, 2.75) is 70.7 Å². The summed E-state index contributed by atoms with van der Waals surface area (Å²) in [5.74, 6) is -3.04. The van der Waals surface area contributed by atoms with E-state index in [-0.39, 0.29) is 24.9 Å². The topological polar surface area (TPSA) is 132 Å². The molecular weight excluding hydrogens is 451 g/mol. The second kappa shape index (κ2) is 9.72. The number of terminal acetylenes is 1. The molecule has 3 rings (SSSR count). The minimum atomic E-state index is -2.96. The van der Waals surface area contributed by atoms with Crippen molar-refractivity contribution in [3.05, 3.63) is 18.3 Å². The summed E-state index contributed by atoms with van der Waals surface area (Å²) in [6.45, 7) is 5.25. The largest absolute Gasteiger partial charge is 0.459 e. The molecule has 0 saturated carbocycles. The van der Waals surface area contributed by atoms with Crippen molar-refractivity contribution < 1.29 is 37.7 Å². The molecule has 0 aliphatic carbocycles. The fourth-order valence-corrected chi connectivity index (χ4v) is 3.51. The Morgan fingerprint density at radius 3 is 2.44 bits per heavy atom. The van der Waals surface area contributed by atoms with Gasteiger partial charge in [0.05, 0.1) is 12.0 Å². The van der Waals surface area contributed by atoms with Gasteiger partial charge in [0.15, 0.2) is 18.5 Å². The van der Waals surface area contributed by atoms with Crippen molar-refractivity contribution in [2.75, 3.05) is 6.61 Å². The number of carbonyl (C=O) groups is 3. The third-order valence-corrected chi connectivity index (χ3v) is 5.30. The van der Waals surface area contributed by atoms with Gasteiger partial charge in [-0.05, 0) is 12.8 Å². The van der Waals surface area contributed by atoms with Crippen LogP contribution in [0.5, 0.6) is 0 Å². The minimum absolute atomic E-state index is 0.0353. The van der Waals surface area contributed by atoms with Crippen molar-refractivity contribution in [2.24, 2.45) is 0 Å². The SMILES string of the molecule is C#C[C@]1(OC(=O)CC)[C@H](n2cnc3c(C)ncnc32)O[C@](F)(COC(=O)CC)[C@H]1OC(=O)CC. The Morgan fingerprint density at radius 1 is 1.15 bits per heavy atom. The lowest BCUT2D eigenvalue weighted by atomic mass is 9.92. The summed E-state index contributed by atoms with van der Waals surface area (Å²) < 4.78 is 39.2. The van der Waals surface area contributed by atoms with Gasteiger partial charge in [0.2, 0.25) is 6.10 Å². The van der Waals surface area contributed by atoms with Gasteiger partial charge in [0.25, 0.3) is 11.5 Å². The van der Waals surface area contributed by atoms with Gasteiger partial charge in [-0.15, -0.1) is 6.42 Å². The van der Waals surface area contributed by atoms with Gasteiger partial charge in [-0.25, -0.2) is 19.3 Å². The summed E-state index contributed by atoms with van der Waals surface area (Å²) in [6.07, 6.45) is 4.53. The van der Waals surface area contributed by atoms with Gasteiger partial charge in [-0.3, -0.25) is 19.0 Å². The van der Waals surface area contributed by atoms with Gasteiger partial charge in [0.1, 0.15) is 11.8 Å². The molecule has 0 amide bonds. The average molecular weight is 476 g/mol. The van der Waals surface area contributed by atoms with E-state index in [0.717, 1.165) is 0 Å².